The molecule has 1 aliphatic heterocycles. The smallest absolute Gasteiger partial charge is 0.256 e. The second kappa shape index (κ2) is 7.33. The van der Waals surface area contributed by atoms with Crippen molar-refractivity contribution in [3.8, 4) is 5.69 Å². The molecule has 26 heavy (non-hydrogen) atoms. The average Bonchev–Trinajstić information content (AvgIpc) is 3.23. The summed E-state index contributed by atoms with van der Waals surface area (Å²) in [5, 5.41) is 0. The Kier molecular flexibility index (Phi) is 4.75. The van der Waals surface area contributed by atoms with Gasteiger partial charge in [-0.15, -0.1) is 0 Å². The van der Waals surface area contributed by atoms with Gasteiger partial charge >= 0.3 is 0 Å². The van der Waals surface area contributed by atoms with Crippen molar-refractivity contribution in [1.29, 1.82) is 0 Å². The number of hydrogen-bond donors (Lipinski definition) is 0. The fourth-order valence-electron chi connectivity index (χ4n) is 3.25. The fourth-order valence-corrected chi connectivity index (χ4v) is 3.61. The number of anilines is 1. The molecule has 1 saturated heterocycles. The summed E-state index contributed by atoms with van der Waals surface area (Å²) < 4.78 is 2.88. The van der Waals surface area contributed by atoms with E-state index in [-0.39, 0.29) is 5.91 Å². The molecule has 1 aromatic carbocycles. The summed E-state index contributed by atoms with van der Waals surface area (Å²) in [6.45, 7) is 2.95. The Morgan fingerprint density at radius 3 is 2.42 bits per heavy atom. The van der Waals surface area contributed by atoms with Crippen molar-refractivity contribution < 1.29 is 4.79 Å². The van der Waals surface area contributed by atoms with Crippen molar-refractivity contribution in [3.63, 3.8) is 0 Å². The highest BCUT2D eigenvalue weighted by Crippen LogP contribution is 2.23. The largest absolute Gasteiger partial charge is 0.353 e. The summed E-state index contributed by atoms with van der Waals surface area (Å²) in [5.41, 5.74) is 1.61. The van der Waals surface area contributed by atoms with Gasteiger partial charge < -0.3 is 14.4 Å². The van der Waals surface area contributed by atoms with E-state index in [0.717, 1.165) is 29.1 Å². The van der Waals surface area contributed by atoms with Crippen molar-refractivity contribution in [2.45, 2.75) is 0 Å². The van der Waals surface area contributed by atoms with Gasteiger partial charge in [-0.3, -0.25) is 4.79 Å². The van der Waals surface area contributed by atoms with Gasteiger partial charge in [-0.2, -0.15) is 0 Å². The first-order chi connectivity index (χ1) is 12.7. The van der Waals surface area contributed by atoms with Crippen LogP contribution in [0.5, 0.6) is 0 Å². The molecule has 0 atom stereocenters. The lowest BCUT2D eigenvalue weighted by molar-refractivity contribution is 0.0746. The highest BCUT2D eigenvalue weighted by atomic mass is 79.9. The van der Waals surface area contributed by atoms with Crippen LogP contribution in [0.3, 0.4) is 0 Å². The fraction of sp³-hybridized carbons (Fsp3) is 0.200. The Balaban J connectivity index is 1.53. The summed E-state index contributed by atoms with van der Waals surface area (Å²) in [6.07, 6.45) is 5.72. The molecule has 3 aromatic rings. The number of carbonyl (C=O) groups excluding carboxylic acids is 1. The highest BCUT2D eigenvalue weighted by molar-refractivity contribution is 9.10. The van der Waals surface area contributed by atoms with Gasteiger partial charge in [0.25, 0.3) is 5.91 Å². The number of benzene rings is 1. The Labute approximate surface area is 161 Å². The number of pyridine rings is 1. The van der Waals surface area contributed by atoms with E-state index >= 15 is 0 Å². The molecule has 0 spiro atoms. The number of rotatable bonds is 3. The maximum Gasteiger partial charge on any atom is 0.256 e. The third-order valence-corrected chi connectivity index (χ3v) is 5.11. The number of carbonyl (C=O) groups is 1. The Morgan fingerprint density at radius 2 is 1.73 bits per heavy atom. The summed E-state index contributed by atoms with van der Waals surface area (Å²) >= 11 is 3.50. The number of halogens is 1. The van der Waals surface area contributed by atoms with E-state index in [1.165, 1.54) is 0 Å². The van der Waals surface area contributed by atoms with E-state index < -0.39 is 0 Å². The Bertz CT molecular complexity index is 887. The number of amides is 1. The van der Waals surface area contributed by atoms with Crippen LogP contribution in [0.2, 0.25) is 0 Å². The molecule has 1 amide bonds. The summed E-state index contributed by atoms with van der Waals surface area (Å²) in [6, 6.07) is 15.7. The van der Waals surface area contributed by atoms with Crippen LogP contribution in [-0.4, -0.2) is 46.5 Å². The van der Waals surface area contributed by atoms with Crippen LogP contribution in [0, 0.1) is 0 Å². The first-order valence-corrected chi connectivity index (χ1v) is 9.40. The van der Waals surface area contributed by atoms with Gasteiger partial charge in [0.2, 0.25) is 0 Å². The molecule has 0 aliphatic carbocycles. The molecule has 5 nitrogen and oxygen atoms in total. The van der Waals surface area contributed by atoms with Crippen LogP contribution < -0.4 is 4.90 Å². The van der Waals surface area contributed by atoms with Crippen LogP contribution in [-0.2, 0) is 0 Å². The third kappa shape index (κ3) is 3.37. The molecule has 0 saturated carbocycles. The zero-order valence-electron chi connectivity index (χ0n) is 14.3. The van der Waals surface area contributed by atoms with Gasteiger partial charge in [0.15, 0.2) is 0 Å². The van der Waals surface area contributed by atoms with Crippen LogP contribution in [0.1, 0.15) is 10.4 Å². The summed E-state index contributed by atoms with van der Waals surface area (Å²) in [7, 11) is 0. The molecule has 3 heterocycles. The lowest BCUT2D eigenvalue weighted by atomic mass is 10.1. The first-order valence-electron chi connectivity index (χ1n) is 8.60. The Morgan fingerprint density at radius 1 is 0.962 bits per heavy atom. The molecule has 4 rings (SSSR count). The minimum Gasteiger partial charge on any atom is -0.353 e. The second-order valence-electron chi connectivity index (χ2n) is 6.22. The van der Waals surface area contributed by atoms with Gasteiger partial charge in [0, 0.05) is 49.2 Å². The van der Waals surface area contributed by atoms with Crippen LogP contribution in [0.4, 0.5) is 5.82 Å². The average molecular weight is 411 g/mol. The Hall–Kier alpha value is -2.60. The van der Waals surface area contributed by atoms with Gasteiger partial charge in [0.05, 0.1) is 11.3 Å². The first kappa shape index (κ1) is 16.8. The standard InChI is InChI=1S/C20H19BrN4O/c21-16-6-7-18(23-9-3-4-10-23)17(15-16)20(26)25-13-11-24(12-14-25)19-5-1-2-8-22-19/h1-10,15H,11-14H2. The van der Waals surface area contributed by atoms with Gasteiger partial charge in [0.1, 0.15) is 5.82 Å². The highest BCUT2D eigenvalue weighted by Gasteiger charge is 2.25. The molecule has 6 heteroatoms. The molecule has 132 valence electrons. The summed E-state index contributed by atoms with van der Waals surface area (Å²) in [5.74, 6) is 1.03. The van der Waals surface area contributed by atoms with Crippen molar-refractivity contribution in [3.05, 3.63) is 77.2 Å². The molecule has 0 radical (unpaired) electrons. The third-order valence-electron chi connectivity index (χ3n) is 4.61. The van der Waals surface area contributed by atoms with E-state index in [0.29, 0.717) is 18.7 Å². The predicted octanol–water partition coefficient (Wildman–Crippen LogP) is 3.60. The van der Waals surface area contributed by atoms with E-state index in [1.54, 1.807) is 6.20 Å². The van der Waals surface area contributed by atoms with Crippen LogP contribution >= 0.6 is 15.9 Å². The molecule has 1 fully saturated rings. The van der Waals surface area contributed by atoms with Crippen LogP contribution in [0.25, 0.3) is 5.69 Å². The lowest BCUT2D eigenvalue weighted by Crippen LogP contribution is -2.49. The van der Waals surface area contributed by atoms with E-state index in [9.17, 15) is 4.79 Å². The minimum atomic E-state index is 0.0654. The maximum absolute atomic E-state index is 13.2. The molecule has 2 aromatic heterocycles. The van der Waals surface area contributed by atoms with Gasteiger partial charge in [-0.1, -0.05) is 22.0 Å². The van der Waals surface area contributed by atoms with Crippen LogP contribution in [0.15, 0.2) is 71.6 Å². The molecule has 0 unspecified atom stereocenters. The molecular weight excluding hydrogens is 392 g/mol. The zero-order valence-corrected chi connectivity index (χ0v) is 15.8. The van der Waals surface area contributed by atoms with Crippen molar-refractivity contribution in [2.24, 2.45) is 0 Å². The SMILES string of the molecule is O=C(c1cc(Br)ccc1-n1cccc1)N1CCN(c2ccccn2)CC1. The molecule has 0 N–H and O–H groups in total. The molecule has 1 aliphatic rings. The minimum absolute atomic E-state index is 0.0654. The molecular formula is C20H19BrN4O. The van der Waals surface area contributed by atoms with Gasteiger partial charge in [-0.05, 0) is 42.5 Å². The quantitative estimate of drug-likeness (QED) is 0.662. The molecule has 0 bridgehead atoms. The summed E-state index contributed by atoms with van der Waals surface area (Å²) in [4.78, 5) is 21.7. The predicted molar refractivity (Wildman–Crippen MR) is 106 cm³/mol. The van der Waals surface area contributed by atoms with Crippen molar-refractivity contribution in [2.75, 3.05) is 31.1 Å². The maximum atomic E-state index is 13.2. The second-order valence-corrected chi connectivity index (χ2v) is 7.13. The zero-order chi connectivity index (χ0) is 17.9. The topological polar surface area (TPSA) is 41.4 Å². The number of piperazine rings is 1. The lowest BCUT2D eigenvalue weighted by Gasteiger charge is -2.35. The van der Waals surface area contributed by atoms with Crippen molar-refractivity contribution in [1.82, 2.24) is 14.5 Å². The van der Waals surface area contributed by atoms with E-state index in [1.807, 2.05) is 70.4 Å². The normalized spacial score (nSPS) is 14.5. The number of aromatic nitrogens is 2. The monoisotopic (exact) mass is 410 g/mol. The number of hydrogen-bond acceptors (Lipinski definition) is 3. The van der Waals surface area contributed by atoms with E-state index in [4.69, 9.17) is 0 Å². The van der Waals surface area contributed by atoms with Gasteiger partial charge in [-0.25, -0.2) is 4.98 Å². The number of nitrogens with zero attached hydrogens (tertiary/aromatic N) is 4. The van der Waals surface area contributed by atoms with E-state index in [2.05, 4.69) is 25.8 Å². The van der Waals surface area contributed by atoms with Crippen molar-refractivity contribution >= 4 is 27.7 Å².